The van der Waals surface area contributed by atoms with E-state index in [2.05, 4.69) is 64.8 Å². The summed E-state index contributed by atoms with van der Waals surface area (Å²) in [7, 11) is 3.34. The van der Waals surface area contributed by atoms with Gasteiger partial charge < -0.3 is 14.8 Å². The molecule has 190 valence electrons. The van der Waals surface area contributed by atoms with E-state index >= 15 is 0 Å². The Balaban J connectivity index is 1.46. The van der Waals surface area contributed by atoms with Crippen molar-refractivity contribution in [1.82, 2.24) is 10.2 Å². The molecule has 1 aliphatic heterocycles. The standard InChI is InChI=1S/C32H34N2O3/c1-22(32(35)33-21-23-9-5-4-6-10-23)34-16-15-27-19-30(36-2)31(37-3)20-28(27)29(34)18-24-13-14-25-11-7-8-12-26(25)17-24/h4-14,17,19-20,22,29H,15-16,18,21H2,1-3H3,(H,33,35). The van der Waals surface area contributed by atoms with E-state index in [1.807, 2.05) is 37.3 Å². The molecule has 0 spiro atoms. The maximum atomic E-state index is 13.3. The van der Waals surface area contributed by atoms with Crippen LogP contribution in [0.5, 0.6) is 11.5 Å². The van der Waals surface area contributed by atoms with Crippen LogP contribution in [-0.2, 0) is 24.2 Å². The Morgan fingerprint density at radius 2 is 1.59 bits per heavy atom. The molecule has 37 heavy (non-hydrogen) atoms. The molecular formula is C32H34N2O3. The normalized spacial score (nSPS) is 16.1. The summed E-state index contributed by atoms with van der Waals surface area (Å²) < 4.78 is 11.3. The van der Waals surface area contributed by atoms with Gasteiger partial charge in [-0.25, -0.2) is 0 Å². The molecule has 0 saturated heterocycles. The Labute approximate surface area is 219 Å². The highest BCUT2D eigenvalue weighted by Gasteiger charge is 2.34. The first-order chi connectivity index (χ1) is 18.1. The van der Waals surface area contributed by atoms with E-state index in [0.717, 1.165) is 30.7 Å². The van der Waals surface area contributed by atoms with Crippen LogP contribution in [0.15, 0.2) is 84.9 Å². The van der Waals surface area contributed by atoms with Gasteiger partial charge in [0, 0.05) is 19.1 Å². The summed E-state index contributed by atoms with van der Waals surface area (Å²) in [6, 6.07) is 29.1. The number of hydrogen-bond donors (Lipinski definition) is 1. The van der Waals surface area contributed by atoms with E-state index < -0.39 is 0 Å². The van der Waals surface area contributed by atoms with Gasteiger partial charge in [0.15, 0.2) is 11.5 Å². The van der Waals surface area contributed by atoms with E-state index in [-0.39, 0.29) is 18.0 Å². The van der Waals surface area contributed by atoms with Gasteiger partial charge in [-0.2, -0.15) is 0 Å². The lowest BCUT2D eigenvalue weighted by molar-refractivity contribution is -0.127. The summed E-state index contributed by atoms with van der Waals surface area (Å²) >= 11 is 0. The number of carbonyl (C=O) groups is 1. The highest BCUT2D eigenvalue weighted by Crippen LogP contribution is 2.40. The number of benzene rings is 4. The molecule has 5 nitrogen and oxygen atoms in total. The number of rotatable bonds is 8. The van der Waals surface area contributed by atoms with Crippen molar-refractivity contribution in [2.24, 2.45) is 0 Å². The van der Waals surface area contributed by atoms with Crippen molar-refractivity contribution < 1.29 is 14.3 Å². The second kappa shape index (κ2) is 11.1. The number of ether oxygens (including phenoxy) is 2. The van der Waals surface area contributed by atoms with Crippen LogP contribution in [0.2, 0.25) is 0 Å². The Morgan fingerprint density at radius 1 is 0.892 bits per heavy atom. The molecule has 4 aromatic rings. The predicted octanol–water partition coefficient (Wildman–Crippen LogP) is 5.70. The first-order valence-corrected chi connectivity index (χ1v) is 12.9. The maximum absolute atomic E-state index is 13.3. The molecule has 0 aliphatic carbocycles. The van der Waals surface area contributed by atoms with Gasteiger partial charge in [0.2, 0.25) is 5.91 Å². The van der Waals surface area contributed by atoms with Gasteiger partial charge in [-0.15, -0.1) is 0 Å². The van der Waals surface area contributed by atoms with Crippen molar-refractivity contribution >= 4 is 16.7 Å². The SMILES string of the molecule is COc1cc2c(cc1OC)C(Cc1ccc3ccccc3c1)N(C(C)C(=O)NCc1ccccc1)CC2. The minimum Gasteiger partial charge on any atom is -0.493 e. The molecule has 1 heterocycles. The Bertz CT molecular complexity index is 1390. The Kier molecular flexibility index (Phi) is 7.42. The molecule has 2 atom stereocenters. The highest BCUT2D eigenvalue weighted by molar-refractivity contribution is 5.83. The topological polar surface area (TPSA) is 50.8 Å². The zero-order valence-corrected chi connectivity index (χ0v) is 21.7. The number of carbonyl (C=O) groups excluding carboxylic acids is 1. The van der Waals surface area contributed by atoms with Gasteiger partial charge in [0.05, 0.1) is 20.3 Å². The van der Waals surface area contributed by atoms with E-state index in [1.54, 1.807) is 14.2 Å². The molecule has 5 rings (SSSR count). The Hall–Kier alpha value is -3.83. The number of fused-ring (bicyclic) bond motifs is 2. The van der Waals surface area contributed by atoms with Crippen LogP contribution in [0.3, 0.4) is 0 Å². The van der Waals surface area contributed by atoms with E-state index in [9.17, 15) is 4.79 Å². The number of nitrogens with one attached hydrogen (secondary N) is 1. The molecule has 0 aromatic heterocycles. The smallest absolute Gasteiger partial charge is 0.237 e. The lowest BCUT2D eigenvalue weighted by atomic mass is 9.86. The minimum atomic E-state index is -0.282. The van der Waals surface area contributed by atoms with Gasteiger partial charge in [0.1, 0.15) is 0 Å². The highest BCUT2D eigenvalue weighted by atomic mass is 16.5. The number of nitrogens with zero attached hydrogens (tertiary/aromatic N) is 1. The van der Waals surface area contributed by atoms with Crippen molar-refractivity contribution in [3.63, 3.8) is 0 Å². The second-order valence-corrected chi connectivity index (χ2v) is 9.67. The average molecular weight is 495 g/mol. The zero-order valence-electron chi connectivity index (χ0n) is 21.7. The van der Waals surface area contributed by atoms with Crippen molar-refractivity contribution in [2.75, 3.05) is 20.8 Å². The molecule has 1 N–H and O–H groups in total. The molecular weight excluding hydrogens is 460 g/mol. The molecule has 0 saturated carbocycles. The summed E-state index contributed by atoms with van der Waals surface area (Å²) in [6.07, 6.45) is 1.64. The van der Waals surface area contributed by atoms with Crippen LogP contribution < -0.4 is 14.8 Å². The number of hydrogen-bond acceptors (Lipinski definition) is 4. The molecule has 1 aliphatic rings. The van der Waals surface area contributed by atoms with Gasteiger partial charge >= 0.3 is 0 Å². The van der Waals surface area contributed by atoms with Crippen molar-refractivity contribution in [3.05, 3.63) is 107 Å². The average Bonchev–Trinajstić information content (AvgIpc) is 2.95. The van der Waals surface area contributed by atoms with Gasteiger partial charge in [-0.3, -0.25) is 9.69 Å². The van der Waals surface area contributed by atoms with Gasteiger partial charge in [0.25, 0.3) is 0 Å². The largest absolute Gasteiger partial charge is 0.493 e. The fraction of sp³-hybridized carbons (Fsp3) is 0.281. The molecule has 0 bridgehead atoms. The predicted molar refractivity (Wildman–Crippen MR) is 148 cm³/mol. The summed E-state index contributed by atoms with van der Waals surface area (Å²) in [5.41, 5.74) is 4.78. The monoisotopic (exact) mass is 494 g/mol. The molecule has 2 unspecified atom stereocenters. The van der Waals surface area contributed by atoms with Crippen LogP contribution in [0.1, 0.15) is 35.2 Å². The van der Waals surface area contributed by atoms with E-state index in [0.29, 0.717) is 12.3 Å². The quantitative estimate of drug-likeness (QED) is 0.341. The lowest BCUT2D eigenvalue weighted by Crippen LogP contribution is -2.49. The van der Waals surface area contributed by atoms with Crippen LogP contribution in [0.4, 0.5) is 0 Å². The second-order valence-electron chi connectivity index (χ2n) is 9.67. The molecule has 4 aromatic carbocycles. The summed E-state index contributed by atoms with van der Waals surface area (Å²) in [5.74, 6) is 1.50. The van der Waals surface area contributed by atoms with Crippen LogP contribution >= 0.6 is 0 Å². The van der Waals surface area contributed by atoms with E-state index in [4.69, 9.17) is 9.47 Å². The summed E-state index contributed by atoms with van der Waals surface area (Å²) in [4.78, 5) is 15.7. The lowest BCUT2D eigenvalue weighted by Gasteiger charge is -2.41. The van der Waals surface area contributed by atoms with Gasteiger partial charge in [-0.1, -0.05) is 72.8 Å². The number of methoxy groups -OCH3 is 2. The molecule has 5 heteroatoms. The molecule has 1 amide bonds. The minimum absolute atomic E-state index is 0.0298. The van der Waals surface area contributed by atoms with Crippen LogP contribution in [0, 0.1) is 0 Å². The first kappa shape index (κ1) is 24.8. The van der Waals surface area contributed by atoms with Crippen molar-refractivity contribution in [1.29, 1.82) is 0 Å². The third kappa shape index (κ3) is 5.32. The fourth-order valence-electron chi connectivity index (χ4n) is 5.41. The van der Waals surface area contributed by atoms with Crippen LogP contribution in [0.25, 0.3) is 10.8 Å². The van der Waals surface area contributed by atoms with E-state index in [1.165, 1.54) is 27.5 Å². The van der Waals surface area contributed by atoms with Crippen LogP contribution in [-0.4, -0.2) is 37.6 Å². The molecule has 0 fully saturated rings. The molecule has 0 radical (unpaired) electrons. The summed E-state index contributed by atoms with van der Waals surface area (Å²) in [5, 5.41) is 5.60. The van der Waals surface area contributed by atoms with Gasteiger partial charge in [-0.05, 0) is 64.9 Å². The third-order valence-electron chi connectivity index (χ3n) is 7.47. The fourth-order valence-corrected chi connectivity index (χ4v) is 5.41. The summed E-state index contributed by atoms with van der Waals surface area (Å²) in [6.45, 7) is 3.33. The van der Waals surface area contributed by atoms with Crippen molar-refractivity contribution in [3.8, 4) is 11.5 Å². The number of amides is 1. The first-order valence-electron chi connectivity index (χ1n) is 12.9. The van der Waals surface area contributed by atoms with Crippen molar-refractivity contribution in [2.45, 2.75) is 38.4 Å². The zero-order chi connectivity index (χ0) is 25.8. The third-order valence-corrected chi connectivity index (χ3v) is 7.47. The Morgan fingerprint density at radius 3 is 2.35 bits per heavy atom. The maximum Gasteiger partial charge on any atom is 0.237 e.